The summed E-state index contributed by atoms with van der Waals surface area (Å²) >= 11 is 0. The van der Waals surface area contributed by atoms with Crippen LogP contribution in [0.15, 0.2) is 12.3 Å². The van der Waals surface area contributed by atoms with Crippen LogP contribution in [0.4, 0.5) is 5.82 Å². The molecule has 0 aliphatic carbocycles. The van der Waals surface area contributed by atoms with E-state index in [-0.39, 0.29) is 5.92 Å². The minimum Gasteiger partial charge on any atom is -0.487 e. The molecule has 0 amide bonds. The van der Waals surface area contributed by atoms with Gasteiger partial charge in [0.05, 0.1) is 18.0 Å². The zero-order valence-corrected chi connectivity index (χ0v) is 9.89. The van der Waals surface area contributed by atoms with Gasteiger partial charge in [-0.3, -0.25) is 0 Å². The van der Waals surface area contributed by atoms with Crippen LogP contribution in [0, 0.1) is 17.2 Å². The maximum atomic E-state index is 9.02. The smallest absolute Gasteiger partial charge is 0.172 e. The Morgan fingerprint density at radius 1 is 1.65 bits per heavy atom. The molecule has 1 saturated heterocycles. The van der Waals surface area contributed by atoms with Gasteiger partial charge in [-0.05, 0) is 24.5 Å². The summed E-state index contributed by atoms with van der Waals surface area (Å²) in [6, 6.07) is 4.69. The van der Waals surface area contributed by atoms with Crippen molar-refractivity contribution < 1.29 is 4.74 Å². The third-order valence-corrected chi connectivity index (χ3v) is 3.64. The lowest BCUT2D eigenvalue weighted by molar-refractivity contribution is 0.266. The van der Waals surface area contributed by atoms with Crippen molar-refractivity contribution in [3.63, 3.8) is 0 Å². The maximum absolute atomic E-state index is 9.02. The second-order valence-corrected chi connectivity index (χ2v) is 4.66. The van der Waals surface area contributed by atoms with Gasteiger partial charge in [-0.25, -0.2) is 4.98 Å². The Labute approximate surface area is 101 Å². The first-order valence-electron chi connectivity index (χ1n) is 6.10. The number of aryl methyl sites for hydroxylation is 1. The van der Waals surface area contributed by atoms with E-state index in [4.69, 9.17) is 10.00 Å². The number of pyridine rings is 1. The summed E-state index contributed by atoms with van der Waals surface area (Å²) in [5.74, 6) is 1.96. The maximum Gasteiger partial charge on any atom is 0.172 e. The van der Waals surface area contributed by atoms with E-state index in [2.05, 4.69) is 22.9 Å². The van der Waals surface area contributed by atoms with Crippen molar-refractivity contribution >= 4 is 5.82 Å². The minimum atomic E-state index is 0.113. The van der Waals surface area contributed by atoms with Crippen molar-refractivity contribution in [2.24, 2.45) is 5.92 Å². The molecule has 2 aliphatic heterocycles. The van der Waals surface area contributed by atoms with Gasteiger partial charge in [0.15, 0.2) is 11.6 Å². The zero-order valence-electron chi connectivity index (χ0n) is 9.89. The third kappa shape index (κ3) is 1.54. The predicted molar refractivity (Wildman–Crippen MR) is 64.0 cm³/mol. The van der Waals surface area contributed by atoms with Crippen molar-refractivity contribution in [2.75, 3.05) is 18.1 Å². The molecule has 4 heteroatoms. The van der Waals surface area contributed by atoms with Crippen molar-refractivity contribution in [1.29, 1.82) is 5.26 Å². The Balaban J connectivity index is 2.00. The highest BCUT2D eigenvalue weighted by molar-refractivity contribution is 5.59. The molecule has 0 saturated carbocycles. The van der Waals surface area contributed by atoms with Crippen LogP contribution >= 0.6 is 0 Å². The SMILES string of the molecule is CCc1ccnc2c1OCC1CC(C#N)CN21. The second kappa shape index (κ2) is 3.92. The van der Waals surface area contributed by atoms with E-state index in [9.17, 15) is 0 Å². The van der Waals surface area contributed by atoms with Crippen molar-refractivity contribution in [2.45, 2.75) is 25.8 Å². The number of aromatic nitrogens is 1. The molecule has 0 spiro atoms. The van der Waals surface area contributed by atoms with Gasteiger partial charge in [0, 0.05) is 12.7 Å². The highest BCUT2D eigenvalue weighted by atomic mass is 16.5. The lowest BCUT2D eigenvalue weighted by atomic mass is 10.1. The third-order valence-electron chi connectivity index (χ3n) is 3.64. The fraction of sp³-hybridized carbons (Fsp3) is 0.538. The van der Waals surface area contributed by atoms with Crippen molar-refractivity contribution in [3.8, 4) is 11.8 Å². The summed E-state index contributed by atoms with van der Waals surface area (Å²) in [6.45, 7) is 3.59. The summed E-state index contributed by atoms with van der Waals surface area (Å²) in [5.41, 5.74) is 1.20. The van der Waals surface area contributed by atoms with Crippen LogP contribution in [0.2, 0.25) is 0 Å². The average molecular weight is 229 g/mol. The molecule has 0 N–H and O–H groups in total. The topological polar surface area (TPSA) is 49.1 Å². The molecule has 17 heavy (non-hydrogen) atoms. The molecule has 4 nitrogen and oxygen atoms in total. The van der Waals surface area contributed by atoms with E-state index >= 15 is 0 Å². The number of hydrogen-bond acceptors (Lipinski definition) is 4. The van der Waals surface area contributed by atoms with Crippen molar-refractivity contribution in [1.82, 2.24) is 4.98 Å². The number of rotatable bonds is 1. The van der Waals surface area contributed by atoms with Crippen LogP contribution < -0.4 is 9.64 Å². The van der Waals surface area contributed by atoms with Gasteiger partial charge < -0.3 is 9.64 Å². The first-order chi connectivity index (χ1) is 8.33. The van der Waals surface area contributed by atoms with Crippen LogP contribution in [0.3, 0.4) is 0 Å². The molecule has 2 unspecified atom stereocenters. The number of ether oxygens (including phenoxy) is 1. The summed E-state index contributed by atoms with van der Waals surface area (Å²) < 4.78 is 5.84. The minimum absolute atomic E-state index is 0.113. The van der Waals surface area contributed by atoms with E-state index in [1.807, 2.05) is 12.3 Å². The lowest BCUT2D eigenvalue weighted by Crippen LogP contribution is -2.39. The van der Waals surface area contributed by atoms with E-state index in [1.165, 1.54) is 5.56 Å². The normalized spacial score (nSPS) is 25.8. The first-order valence-corrected chi connectivity index (χ1v) is 6.10. The van der Waals surface area contributed by atoms with Gasteiger partial charge in [0.1, 0.15) is 6.61 Å². The Hall–Kier alpha value is -1.76. The number of nitrogens with zero attached hydrogens (tertiary/aromatic N) is 3. The number of anilines is 1. The van der Waals surface area contributed by atoms with Crippen molar-refractivity contribution in [3.05, 3.63) is 17.8 Å². The average Bonchev–Trinajstić information content (AvgIpc) is 2.81. The summed E-state index contributed by atoms with van der Waals surface area (Å²) in [5, 5.41) is 9.02. The Kier molecular flexibility index (Phi) is 2.40. The van der Waals surface area contributed by atoms with Gasteiger partial charge in [-0.15, -0.1) is 0 Å². The molecular formula is C13H15N3O. The predicted octanol–water partition coefficient (Wildman–Crippen LogP) is 1.75. The summed E-state index contributed by atoms with van der Waals surface area (Å²) in [6.07, 6.45) is 3.68. The van der Waals surface area contributed by atoms with Gasteiger partial charge in [-0.2, -0.15) is 5.26 Å². The Morgan fingerprint density at radius 2 is 2.53 bits per heavy atom. The molecule has 2 atom stereocenters. The van der Waals surface area contributed by atoms with Gasteiger partial charge in [0.25, 0.3) is 0 Å². The van der Waals surface area contributed by atoms with E-state index in [0.717, 1.165) is 31.0 Å². The quantitative estimate of drug-likeness (QED) is 0.736. The van der Waals surface area contributed by atoms with Crippen LogP contribution in [-0.4, -0.2) is 24.2 Å². The molecule has 0 bridgehead atoms. The largest absolute Gasteiger partial charge is 0.487 e. The molecule has 1 fully saturated rings. The molecule has 0 radical (unpaired) electrons. The van der Waals surface area contributed by atoms with Crippen LogP contribution in [0.25, 0.3) is 0 Å². The van der Waals surface area contributed by atoms with E-state index in [1.54, 1.807) is 0 Å². The zero-order chi connectivity index (χ0) is 11.8. The number of fused-ring (bicyclic) bond motifs is 3. The summed E-state index contributed by atoms with van der Waals surface area (Å²) in [7, 11) is 0. The highest BCUT2D eigenvalue weighted by Crippen LogP contribution is 2.39. The molecule has 3 rings (SSSR count). The standard InChI is InChI=1S/C13H15N3O/c1-2-10-3-4-15-13-12(10)17-8-11-5-9(6-14)7-16(11)13/h3-4,9,11H,2,5,7-8H2,1H3. The van der Waals surface area contributed by atoms with Gasteiger partial charge in [-0.1, -0.05) is 6.92 Å². The lowest BCUT2D eigenvalue weighted by Gasteiger charge is -2.33. The van der Waals surface area contributed by atoms with Gasteiger partial charge in [0.2, 0.25) is 0 Å². The van der Waals surface area contributed by atoms with E-state index < -0.39 is 0 Å². The van der Waals surface area contributed by atoms with Gasteiger partial charge >= 0.3 is 0 Å². The molecular weight excluding hydrogens is 214 g/mol. The molecule has 2 aliphatic rings. The molecule has 3 heterocycles. The Bertz CT molecular complexity index is 480. The fourth-order valence-electron chi connectivity index (χ4n) is 2.72. The highest BCUT2D eigenvalue weighted by Gasteiger charge is 2.38. The van der Waals surface area contributed by atoms with Crippen LogP contribution in [0.5, 0.6) is 5.75 Å². The van der Waals surface area contributed by atoms with Crippen LogP contribution in [-0.2, 0) is 6.42 Å². The molecule has 88 valence electrons. The monoisotopic (exact) mass is 229 g/mol. The second-order valence-electron chi connectivity index (χ2n) is 4.66. The molecule has 1 aromatic heterocycles. The number of nitriles is 1. The van der Waals surface area contributed by atoms with E-state index in [0.29, 0.717) is 12.6 Å². The fourth-order valence-corrected chi connectivity index (χ4v) is 2.72. The molecule has 0 aromatic carbocycles. The first kappa shape index (κ1) is 10.4. The van der Waals surface area contributed by atoms with Crippen LogP contribution in [0.1, 0.15) is 18.9 Å². The summed E-state index contributed by atoms with van der Waals surface area (Å²) in [4.78, 5) is 6.67. The molecule has 1 aromatic rings. The number of hydrogen-bond donors (Lipinski definition) is 0. The Morgan fingerprint density at radius 3 is 3.29 bits per heavy atom.